The van der Waals surface area contributed by atoms with Crippen molar-refractivity contribution in [2.75, 3.05) is 0 Å². The highest BCUT2D eigenvalue weighted by Crippen LogP contribution is 2.27. The minimum absolute atomic E-state index is 1.02. The smallest absolute Gasteiger partial charge is 0.00258 e. The Morgan fingerprint density at radius 2 is 0.536 bits per heavy atom. The summed E-state index contributed by atoms with van der Waals surface area (Å²) >= 11 is 0. The third-order valence-electron chi connectivity index (χ3n) is 12.4. The summed E-state index contributed by atoms with van der Waals surface area (Å²) in [6.07, 6.45) is 9.56. The van der Waals surface area contributed by atoms with Crippen LogP contribution in [0.1, 0.15) is 133 Å². The number of benzene rings is 8. The molecule has 0 bridgehead atoms. The first-order chi connectivity index (χ1) is 33.0. The van der Waals surface area contributed by atoms with E-state index in [1.807, 2.05) is 0 Å². The van der Waals surface area contributed by atoms with E-state index in [-0.39, 0.29) is 0 Å². The molecule has 0 nitrogen and oxygen atoms in total. The summed E-state index contributed by atoms with van der Waals surface area (Å²) in [7, 11) is 0. The largest absolute Gasteiger partial charge is 0.0654 e. The van der Waals surface area contributed by atoms with Crippen molar-refractivity contribution in [3.05, 3.63) is 249 Å². The van der Waals surface area contributed by atoms with Gasteiger partial charge in [0.05, 0.1) is 0 Å². The molecular formula is C69H88. The SMILES string of the molecule is CC1CCC(C)CC1.CCCC.Cc1ccc(-c2ccc(C)cc2)cc1.Cc1ccc(C)cc1.Cc1ccc(Cc2ccc(C)cc2)cc1.Cc1ccc2cc(C)ccc2c1.Cc1cccc(C)c1. The summed E-state index contributed by atoms with van der Waals surface area (Å²) in [5.41, 5.74) is 18.6. The Labute approximate surface area is 422 Å². The molecule has 1 aliphatic rings. The van der Waals surface area contributed by atoms with Crippen molar-refractivity contribution < 1.29 is 0 Å². The molecule has 9 rings (SSSR count). The van der Waals surface area contributed by atoms with E-state index in [4.69, 9.17) is 0 Å². The number of hydrogen-bond donors (Lipinski definition) is 0. The van der Waals surface area contributed by atoms with E-state index >= 15 is 0 Å². The Morgan fingerprint density at radius 1 is 0.290 bits per heavy atom. The fourth-order valence-corrected chi connectivity index (χ4v) is 7.49. The third kappa shape index (κ3) is 24.7. The van der Waals surface area contributed by atoms with Gasteiger partial charge in [-0.25, -0.2) is 0 Å². The Hall–Kier alpha value is -5.98. The van der Waals surface area contributed by atoms with Crippen LogP contribution in [0.15, 0.2) is 182 Å². The topological polar surface area (TPSA) is 0 Å². The van der Waals surface area contributed by atoms with Gasteiger partial charge in [-0.3, -0.25) is 0 Å². The molecule has 0 aromatic heterocycles. The summed E-state index contributed by atoms with van der Waals surface area (Å²) in [6.45, 7) is 30.2. The molecule has 8 aromatic rings. The highest BCUT2D eigenvalue weighted by Gasteiger charge is 2.13. The quantitative estimate of drug-likeness (QED) is 0.165. The van der Waals surface area contributed by atoms with Crippen molar-refractivity contribution in [1.29, 1.82) is 0 Å². The van der Waals surface area contributed by atoms with Crippen LogP contribution in [-0.2, 0) is 6.42 Å². The molecule has 0 spiro atoms. The van der Waals surface area contributed by atoms with Gasteiger partial charge in [-0.1, -0.05) is 304 Å². The molecule has 364 valence electrons. The van der Waals surface area contributed by atoms with E-state index in [9.17, 15) is 0 Å². The van der Waals surface area contributed by atoms with Gasteiger partial charge >= 0.3 is 0 Å². The monoisotopic (exact) mass is 917 g/mol. The van der Waals surface area contributed by atoms with Crippen LogP contribution in [0.2, 0.25) is 0 Å². The lowest BCUT2D eigenvalue weighted by atomic mass is 9.84. The maximum atomic E-state index is 2.37. The van der Waals surface area contributed by atoms with Crippen molar-refractivity contribution >= 4 is 10.8 Å². The van der Waals surface area contributed by atoms with E-state index in [2.05, 4.69) is 279 Å². The second-order valence-electron chi connectivity index (χ2n) is 19.9. The maximum absolute atomic E-state index is 2.37. The predicted octanol–water partition coefficient (Wildman–Crippen LogP) is 20.6. The molecular weight excluding hydrogens is 829 g/mol. The van der Waals surface area contributed by atoms with E-state index in [1.165, 1.54) is 127 Å². The molecule has 0 unspecified atom stereocenters. The number of rotatable bonds is 4. The van der Waals surface area contributed by atoms with Gasteiger partial charge in [0.2, 0.25) is 0 Å². The Morgan fingerprint density at radius 3 is 0.797 bits per heavy atom. The molecule has 0 radical (unpaired) electrons. The highest BCUT2D eigenvalue weighted by atomic mass is 14.2. The van der Waals surface area contributed by atoms with E-state index < -0.39 is 0 Å². The minimum atomic E-state index is 1.02. The van der Waals surface area contributed by atoms with Crippen LogP contribution in [0.25, 0.3) is 21.9 Å². The summed E-state index contributed by atoms with van der Waals surface area (Å²) < 4.78 is 0. The maximum Gasteiger partial charge on any atom is -0.00258 e. The first-order valence-corrected chi connectivity index (χ1v) is 25.8. The van der Waals surface area contributed by atoms with Crippen LogP contribution in [-0.4, -0.2) is 0 Å². The molecule has 1 aliphatic carbocycles. The summed E-state index contributed by atoms with van der Waals surface area (Å²) in [4.78, 5) is 0. The average molecular weight is 917 g/mol. The number of aryl methyl sites for hydroxylation is 10. The minimum Gasteiger partial charge on any atom is -0.0654 e. The van der Waals surface area contributed by atoms with Crippen molar-refractivity contribution in [1.82, 2.24) is 0 Å². The second kappa shape index (κ2) is 31.9. The Kier molecular flexibility index (Phi) is 26.5. The second-order valence-corrected chi connectivity index (χ2v) is 19.9. The van der Waals surface area contributed by atoms with Crippen LogP contribution in [0.3, 0.4) is 0 Å². The van der Waals surface area contributed by atoms with Crippen LogP contribution >= 0.6 is 0 Å². The number of fused-ring (bicyclic) bond motifs is 1. The van der Waals surface area contributed by atoms with Gasteiger partial charge in [0.1, 0.15) is 0 Å². The lowest BCUT2D eigenvalue weighted by Crippen LogP contribution is -2.08. The summed E-state index contributed by atoms with van der Waals surface area (Å²) in [6, 6.07) is 64.8. The Bertz CT molecular complexity index is 2380. The molecule has 0 heterocycles. The predicted molar refractivity (Wildman–Crippen MR) is 309 cm³/mol. The molecule has 0 aliphatic heterocycles. The fraction of sp³-hybridized carbons (Fsp3) is 0.333. The van der Waals surface area contributed by atoms with Gasteiger partial charge < -0.3 is 0 Å². The van der Waals surface area contributed by atoms with Crippen LogP contribution in [0, 0.1) is 81.1 Å². The van der Waals surface area contributed by atoms with E-state index in [0.717, 1.165) is 18.3 Å². The fourth-order valence-electron chi connectivity index (χ4n) is 7.49. The lowest BCUT2D eigenvalue weighted by Gasteiger charge is -2.22. The zero-order valence-corrected chi connectivity index (χ0v) is 45.4. The van der Waals surface area contributed by atoms with Crippen molar-refractivity contribution in [2.45, 2.75) is 142 Å². The van der Waals surface area contributed by atoms with Gasteiger partial charge in [0, 0.05) is 0 Å². The van der Waals surface area contributed by atoms with Crippen LogP contribution in [0.5, 0.6) is 0 Å². The number of unbranched alkanes of at least 4 members (excludes halogenated alkanes) is 1. The first kappa shape index (κ1) is 57.3. The number of hydrogen-bond acceptors (Lipinski definition) is 0. The molecule has 0 atom stereocenters. The van der Waals surface area contributed by atoms with Crippen molar-refractivity contribution in [2.24, 2.45) is 11.8 Å². The summed E-state index contributed by atoms with van der Waals surface area (Å²) in [5.74, 6) is 2.04. The molecule has 1 fully saturated rings. The average Bonchev–Trinajstić information content (AvgIpc) is 3.34. The molecule has 0 amide bonds. The van der Waals surface area contributed by atoms with Gasteiger partial charge in [-0.2, -0.15) is 0 Å². The molecule has 1 saturated carbocycles. The lowest BCUT2D eigenvalue weighted by molar-refractivity contribution is 0.308. The standard InChI is InChI=1S/C15H16.C14H14.C12H12.C8H16.2C8H10.C4H10/c1-12-3-7-14(8-4-12)11-15-9-5-13(2)6-10-15;1-11-3-7-13(8-4-11)14-9-5-12(2)6-10-14;1-9-3-5-12-8-10(2)4-6-11(12)7-9;2*1-7-3-5-8(2)6-4-7;1-7-4-3-5-8(2)6-7;1-3-4-2/h3-10H,11H2,1-2H3;3-10H,1-2H3;3-8H,1-2H3;7-8H,3-6H2,1-2H3;2*3-6H,1-2H3;3-4H2,1-2H3. The first-order valence-electron chi connectivity index (χ1n) is 25.8. The molecule has 8 aromatic carbocycles. The molecule has 69 heavy (non-hydrogen) atoms. The van der Waals surface area contributed by atoms with E-state index in [0.29, 0.717) is 0 Å². The zero-order chi connectivity index (χ0) is 50.6. The van der Waals surface area contributed by atoms with Crippen LogP contribution in [0.4, 0.5) is 0 Å². The van der Waals surface area contributed by atoms with Crippen molar-refractivity contribution in [3.8, 4) is 11.1 Å². The van der Waals surface area contributed by atoms with E-state index in [1.54, 1.807) is 0 Å². The molecule has 0 saturated heterocycles. The van der Waals surface area contributed by atoms with Crippen LogP contribution < -0.4 is 0 Å². The highest BCUT2D eigenvalue weighted by molar-refractivity contribution is 5.83. The molecule has 0 N–H and O–H groups in total. The Balaban J connectivity index is 0.000000220. The van der Waals surface area contributed by atoms with Gasteiger partial charge in [-0.05, 0) is 121 Å². The van der Waals surface area contributed by atoms with Gasteiger partial charge in [-0.15, -0.1) is 0 Å². The van der Waals surface area contributed by atoms with Crippen molar-refractivity contribution in [3.63, 3.8) is 0 Å². The van der Waals surface area contributed by atoms with Gasteiger partial charge in [0.15, 0.2) is 0 Å². The van der Waals surface area contributed by atoms with Gasteiger partial charge in [0.25, 0.3) is 0 Å². The molecule has 0 heteroatoms. The zero-order valence-electron chi connectivity index (χ0n) is 45.4. The normalized spacial score (nSPS) is 13.3. The summed E-state index contributed by atoms with van der Waals surface area (Å²) in [5, 5.41) is 2.67. The third-order valence-corrected chi connectivity index (χ3v) is 12.4.